The minimum Gasteiger partial charge on any atom is -0.462 e. The van der Waals surface area contributed by atoms with E-state index in [4.69, 9.17) is 4.74 Å². The number of carbonyl (C=O) groups is 1. The number of rotatable bonds is 6. The molecule has 2 N–H and O–H groups in total. The van der Waals surface area contributed by atoms with E-state index in [-0.39, 0.29) is 5.97 Å². The summed E-state index contributed by atoms with van der Waals surface area (Å²) in [6, 6.07) is 11.2. The van der Waals surface area contributed by atoms with Crippen LogP contribution in [0.2, 0.25) is 0 Å². The third-order valence-electron chi connectivity index (χ3n) is 4.14. The van der Waals surface area contributed by atoms with Gasteiger partial charge in [0.15, 0.2) is 5.82 Å². The second kappa shape index (κ2) is 8.47. The highest BCUT2D eigenvalue weighted by Gasteiger charge is 2.09. The molecule has 1 heterocycles. The van der Waals surface area contributed by atoms with E-state index in [9.17, 15) is 4.79 Å². The van der Waals surface area contributed by atoms with Crippen LogP contribution in [0.15, 0.2) is 42.6 Å². The Morgan fingerprint density at radius 3 is 2.36 bits per heavy atom. The van der Waals surface area contributed by atoms with Gasteiger partial charge in [-0.1, -0.05) is 17.7 Å². The van der Waals surface area contributed by atoms with Crippen molar-refractivity contribution in [2.24, 2.45) is 0 Å². The van der Waals surface area contributed by atoms with Crippen molar-refractivity contribution in [1.29, 1.82) is 0 Å². The average molecular weight is 377 g/mol. The van der Waals surface area contributed by atoms with Crippen LogP contribution in [0.5, 0.6) is 0 Å². The van der Waals surface area contributed by atoms with E-state index in [1.54, 1.807) is 37.4 Å². The Morgan fingerprint density at radius 2 is 1.71 bits per heavy atom. The molecule has 0 aliphatic carbocycles. The van der Waals surface area contributed by atoms with Gasteiger partial charge in [-0.25, -0.2) is 4.79 Å². The van der Waals surface area contributed by atoms with Crippen LogP contribution in [-0.2, 0) is 4.74 Å². The number of benzene rings is 2. The van der Waals surface area contributed by atoms with Gasteiger partial charge < -0.3 is 15.4 Å². The zero-order valence-electron chi connectivity index (χ0n) is 16.4. The number of carbonyl (C=O) groups excluding carboxylic acids is 1. The van der Waals surface area contributed by atoms with E-state index in [0.717, 1.165) is 22.5 Å². The average Bonchev–Trinajstić information content (AvgIpc) is 2.66. The number of nitrogens with zero attached hydrogens (tertiary/aromatic N) is 3. The number of esters is 1. The SMILES string of the molecule is CCOC(=O)c1ccc(Nc2cnnc(Nc3c(C)cc(C)cc3C)n2)cc1. The van der Waals surface area contributed by atoms with E-state index in [1.165, 1.54) is 5.56 Å². The molecule has 0 saturated heterocycles. The summed E-state index contributed by atoms with van der Waals surface area (Å²) in [6.07, 6.45) is 1.54. The van der Waals surface area contributed by atoms with Crippen molar-refractivity contribution in [1.82, 2.24) is 15.2 Å². The van der Waals surface area contributed by atoms with E-state index in [0.29, 0.717) is 23.9 Å². The number of aromatic nitrogens is 3. The van der Waals surface area contributed by atoms with Crippen LogP contribution >= 0.6 is 0 Å². The number of ether oxygens (including phenoxy) is 1. The second-order valence-corrected chi connectivity index (χ2v) is 6.49. The van der Waals surface area contributed by atoms with Gasteiger partial charge in [-0.15, -0.1) is 5.10 Å². The highest BCUT2D eigenvalue weighted by atomic mass is 16.5. The molecule has 0 saturated carbocycles. The van der Waals surface area contributed by atoms with E-state index in [2.05, 4.69) is 44.9 Å². The maximum Gasteiger partial charge on any atom is 0.338 e. The first kappa shape index (κ1) is 19.3. The predicted molar refractivity (Wildman–Crippen MR) is 109 cm³/mol. The van der Waals surface area contributed by atoms with E-state index >= 15 is 0 Å². The fourth-order valence-electron chi connectivity index (χ4n) is 2.96. The number of aryl methyl sites for hydroxylation is 3. The van der Waals surface area contributed by atoms with Crippen molar-refractivity contribution in [2.75, 3.05) is 17.2 Å². The Balaban J connectivity index is 1.74. The maximum atomic E-state index is 11.7. The van der Waals surface area contributed by atoms with Crippen molar-refractivity contribution < 1.29 is 9.53 Å². The number of anilines is 4. The van der Waals surface area contributed by atoms with Gasteiger partial charge in [0.25, 0.3) is 0 Å². The van der Waals surface area contributed by atoms with Crippen molar-refractivity contribution in [3.63, 3.8) is 0 Å². The molecule has 28 heavy (non-hydrogen) atoms. The smallest absolute Gasteiger partial charge is 0.338 e. The fourth-order valence-corrected chi connectivity index (χ4v) is 2.96. The molecule has 1 aromatic heterocycles. The second-order valence-electron chi connectivity index (χ2n) is 6.49. The Labute approximate surface area is 164 Å². The van der Waals surface area contributed by atoms with Crippen LogP contribution in [0.25, 0.3) is 0 Å². The van der Waals surface area contributed by atoms with Crippen molar-refractivity contribution in [3.05, 3.63) is 64.8 Å². The molecule has 0 bridgehead atoms. The predicted octanol–water partition coefficient (Wildman–Crippen LogP) is 4.46. The summed E-state index contributed by atoms with van der Waals surface area (Å²) in [6.45, 7) is 8.29. The van der Waals surface area contributed by atoms with Crippen molar-refractivity contribution in [2.45, 2.75) is 27.7 Å². The summed E-state index contributed by atoms with van der Waals surface area (Å²) in [5.74, 6) is 0.611. The van der Waals surface area contributed by atoms with Crippen molar-refractivity contribution in [3.8, 4) is 0 Å². The molecule has 0 amide bonds. The maximum absolute atomic E-state index is 11.7. The lowest BCUT2D eigenvalue weighted by Crippen LogP contribution is -2.05. The summed E-state index contributed by atoms with van der Waals surface area (Å²) in [5, 5.41) is 14.5. The summed E-state index contributed by atoms with van der Waals surface area (Å²) < 4.78 is 4.99. The zero-order chi connectivity index (χ0) is 20.1. The molecule has 2 aromatic carbocycles. The Morgan fingerprint density at radius 1 is 1.04 bits per heavy atom. The van der Waals surface area contributed by atoms with Crippen molar-refractivity contribution >= 4 is 29.1 Å². The van der Waals surface area contributed by atoms with Gasteiger partial charge in [-0.05, 0) is 63.1 Å². The molecule has 0 spiro atoms. The van der Waals surface area contributed by atoms with Gasteiger partial charge in [0.05, 0.1) is 18.4 Å². The standard InChI is InChI=1S/C21H23N5O2/c1-5-28-20(27)16-6-8-17(9-7-16)23-18-12-22-26-21(24-18)25-19-14(3)10-13(2)11-15(19)4/h6-12H,5H2,1-4H3,(H2,23,24,25,26). The molecule has 0 aliphatic rings. The van der Waals surface area contributed by atoms with Crippen LogP contribution in [-0.4, -0.2) is 27.8 Å². The Kier molecular flexibility index (Phi) is 5.84. The quantitative estimate of drug-likeness (QED) is 0.613. The first-order valence-corrected chi connectivity index (χ1v) is 9.05. The molecule has 0 radical (unpaired) electrons. The molecule has 0 atom stereocenters. The van der Waals surface area contributed by atoms with Crippen LogP contribution in [0.4, 0.5) is 23.1 Å². The van der Waals surface area contributed by atoms with Gasteiger partial charge in [0.2, 0.25) is 5.95 Å². The zero-order valence-corrected chi connectivity index (χ0v) is 16.4. The third kappa shape index (κ3) is 4.62. The number of nitrogens with one attached hydrogen (secondary N) is 2. The monoisotopic (exact) mass is 377 g/mol. The first-order valence-electron chi connectivity index (χ1n) is 9.05. The molecular formula is C21H23N5O2. The summed E-state index contributed by atoms with van der Waals surface area (Å²) in [4.78, 5) is 16.2. The highest BCUT2D eigenvalue weighted by Crippen LogP contribution is 2.25. The minimum atomic E-state index is -0.340. The normalized spacial score (nSPS) is 10.4. The molecule has 7 heteroatoms. The summed E-state index contributed by atoms with van der Waals surface area (Å²) in [5.41, 5.74) is 5.70. The van der Waals surface area contributed by atoms with Crippen LogP contribution in [0.3, 0.4) is 0 Å². The lowest BCUT2D eigenvalue weighted by atomic mass is 10.1. The lowest BCUT2D eigenvalue weighted by molar-refractivity contribution is 0.0526. The third-order valence-corrected chi connectivity index (χ3v) is 4.14. The van der Waals surface area contributed by atoms with Gasteiger partial charge >= 0.3 is 5.97 Å². The Bertz CT molecular complexity index is 963. The van der Waals surface area contributed by atoms with Gasteiger partial charge in [0.1, 0.15) is 0 Å². The Hall–Kier alpha value is -3.48. The molecule has 144 valence electrons. The van der Waals surface area contributed by atoms with Gasteiger partial charge in [-0.2, -0.15) is 10.1 Å². The molecule has 0 unspecified atom stereocenters. The number of hydrogen-bond donors (Lipinski definition) is 2. The van der Waals surface area contributed by atoms with Gasteiger partial charge in [-0.3, -0.25) is 0 Å². The fraction of sp³-hybridized carbons (Fsp3) is 0.238. The summed E-state index contributed by atoms with van der Waals surface area (Å²) >= 11 is 0. The molecular weight excluding hydrogens is 354 g/mol. The largest absolute Gasteiger partial charge is 0.462 e. The molecule has 3 rings (SSSR count). The molecule has 7 nitrogen and oxygen atoms in total. The summed E-state index contributed by atoms with van der Waals surface area (Å²) in [7, 11) is 0. The van der Waals surface area contributed by atoms with E-state index < -0.39 is 0 Å². The van der Waals surface area contributed by atoms with E-state index in [1.807, 2.05) is 13.8 Å². The van der Waals surface area contributed by atoms with Gasteiger partial charge in [0, 0.05) is 11.4 Å². The first-order chi connectivity index (χ1) is 13.5. The number of hydrogen-bond acceptors (Lipinski definition) is 7. The van der Waals surface area contributed by atoms with Crippen LogP contribution < -0.4 is 10.6 Å². The molecule has 0 aliphatic heterocycles. The topological polar surface area (TPSA) is 89.0 Å². The van der Waals surface area contributed by atoms with Crippen LogP contribution in [0.1, 0.15) is 34.0 Å². The minimum absolute atomic E-state index is 0.340. The molecule has 0 fully saturated rings. The molecule has 3 aromatic rings. The van der Waals surface area contributed by atoms with Crippen LogP contribution in [0, 0.1) is 20.8 Å². The lowest BCUT2D eigenvalue weighted by Gasteiger charge is -2.13. The highest BCUT2D eigenvalue weighted by molar-refractivity contribution is 5.89.